The molecule has 1 aliphatic carbocycles. The number of benzene rings is 1. The third kappa shape index (κ3) is 5.29. The number of nitrogens with one attached hydrogen (secondary N) is 1. The Balaban J connectivity index is 1.50. The Bertz CT molecular complexity index is 583. The molecule has 0 radical (unpaired) electrons. The lowest BCUT2D eigenvalue weighted by molar-refractivity contribution is -0.122. The summed E-state index contributed by atoms with van der Waals surface area (Å²) in [5.74, 6) is 0.499. The van der Waals surface area contributed by atoms with Crippen LogP contribution in [0.25, 0.3) is 0 Å². The van der Waals surface area contributed by atoms with Crippen molar-refractivity contribution in [1.82, 2.24) is 15.1 Å². The molecule has 1 saturated heterocycles. The average molecular weight is 359 g/mol. The van der Waals surface area contributed by atoms with E-state index >= 15 is 0 Å². The summed E-state index contributed by atoms with van der Waals surface area (Å²) in [5, 5.41) is 3.12. The Morgan fingerprint density at radius 2 is 1.81 bits per heavy atom. The molecule has 2 fully saturated rings. The molecule has 1 aromatic rings. The maximum absolute atomic E-state index is 12.3. The van der Waals surface area contributed by atoms with E-state index in [-0.39, 0.29) is 11.9 Å². The Labute approximate surface area is 157 Å². The van der Waals surface area contributed by atoms with Crippen molar-refractivity contribution in [2.24, 2.45) is 11.7 Å². The van der Waals surface area contributed by atoms with Gasteiger partial charge in [0.05, 0.1) is 0 Å². The third-order valence-electron chi connectivity index (χ3n) is 6.07. The largest absolute Gasteiger partial charge is 0.352 e. The molecule has 1 aromatic carbocycles. The quantitative estimate of drug-likeness (QED) is 0.782. The fourth-order valence-electron chi connectivity index (χ4n) is 4.21. The van der Waals surface area contributed by atoms with Crippen molar-refractivity contribution in [3.05, 3.63) is 35.4 Å². The molecule has 0 aromatic heterocycles. The molecule has 2 aliphatic rings. The lowest BCUT2D eigenvalue weighted by atomic mass is 9.99. The highest BCUT2D eigenvalue weighted by atomic mass is 16.1. The van der Waals surface area contributed by atoms with Crippen LogP contribution in [0.5, 0.6) is 0 Å². The number of rotatable bonds is 7. The molecule has 5 nitrogen and oxygen atoms in total. The zero-order valence-electron chi connectivity index (χ0n) is 16.1. The summed E-state index contributed by atoms with van der Waals surface area (Å²) in [5.41, 5.74) is 8.65. The number of piperazine rings is 1. The Morgan fingerprint density at radius 1 is 1.12 bits per heavy atom. The molecule has 0 unspecified atom stereocenters. The van der Waals surface area contributed by atoms with Gasteiger partial charge in [0.1, 0.15) is 0 Å². The molecule has 1 saturated carbocycles. The lowest BCUT2D eigenvalue weighted by Gasteiger charge is -2.34. The Hall–Kier alpha value is -1.43. The van der Waals surface area contributed by atoms with Crippen LogP contribution in [0.15, 0.2) is 24.3 Å². The van der Waals surface area contributed by atoms with Crippen LogP contribution in [-0.4, -0.2) is 54.5 Å². The summed E-state index contributed by atoms with van der Waals surface area (Å²) in [6.07, 6.45) is 3.89. The van der Waals surface area contributed by atoms with E-state index < -0.39 is 0 Å². The van der Waals surface area contributed by atoms with Crippen molar-refractivity contribution in [2.75, 3.05) is 32.7 Å². The number of likely N-dealkylation sites (N-methyl/N-ethyl adjacent to an activating group) is 1. The topological polar surface area (TPSA) is 61.6 Å². The van der Waals surface area contributed by atoms with Gasteiger partial charge in [0.15, 0.2) is 0 Å². The summed E-state index contributed by atoms with van der Waals surface area (Å²) in [6, 6.07) is 8.70. The summed E-state index contributed by atoms with van der Waals surface area (Å²) in [4.78, 5) is 17.3. The van der Waals surface area contributed by atoms with Crippen LogP contribution in [-0.2, 0) is 17.9 Å². The summed E-state index contributed by atoms with van der Waals surface area (Å²) in [7, 11) is 0. The maximum atomic E-state index is 12.3. The molecule has 0 bridgehead atoms. The first-order valence-electron chi connectivity index (χ1n) is 10.2. The molecule has 1 aliphatic heterocycles. The number of nitrogens with zero attached hydrogens (tertiary/aromatic N) is 2. The van der Waals surface area contributed by atoms with Gasteiger partial charge in [0.2, 0.25) is 5.91 Å². The van der Waals surface area contributed by atoms with Crippen molar-refractivity contribution >= 4 is 5.91 Å². The fraction of sp³-hybridized carbons (Fsp3) is 0.667. The summed E-state index contributed by atoms with van der Waals surface area (Å²) >= 11 is 0. The van der Waals surface area contributed by atoms with E-state index in [1.54, 1.807) is 0 Å². The van der Waals surface area contributed by atoms with Gasteiger partial charge in [0.25, 0.3) is 0 Å². The average Bonchev–Trinajstić information content (AvgIpc) is 3.06. The van der Waals surface area contributed by atoms with E-state index in [4.69, 9.17) is 5.73 Å². The summed E-state index contributed by atoms with van der Waals surface area (Å²) in [6.45, 7) is 9.49. The zero-order valence-corrected chi connectivity index (χ0v) is 16.1. The van der Waals surface area contributed by atoms with E-state index in [0.717, 1.165) is 58.5 Å². The molecule has 5 heteroatoms. The number of hydrogen-bond donors (Lipinski definition) is 2. The van der Waals surface area contributed by atoms with Crippen LogP contribution in [0.4, 0.5) is 0 Å². The number of hydrogen-bond acceptors (Lipinski definition) is 4. The number of nitrogens with two attached hydrogens (primary N) is 1. The number of amides is 1. The van der Waals surface area contributed by atoms with Crippen LogP contribution in [0, 0.1) is 5.92 Å². The van der Waals surface area contributed by atoms with Gasteiger partial charge < -0.3 is 16.0 Å². The third-order valence-corrected chi connectivity index (χ3v) is 6.07. The van der Waals surface area contributed by atoms with Crippen LogP contribution >= 0.6 is 0 Å². The van der Waals surface area contributed by atoms with Crippen LogP contribution in [0.2, 0.25) is 0 Å². The van der Waals surface area contributed by atoms with E-state index in [0.29, 0.717) is 18.9 Å². The van der Waals surface area contributed by atoms with Gasteiger partial charge in [0, 0.05) is 51.7 Å². The highest BCUT2D eigenvalue weighted by molar-refractivity contribution is 5.76. The van der Waals surface area contributed by atoms with Crippen molar-refractivity contribution in [3.63, 3.8) is 0 Å². The van der Waals surface area contributed by atoms with Crippen LogP contribution in [0.3, 0.4) is 0 Å². The molecular formula is C21H34N4O. The van der Waals surface area contributed by atoms with E-state index in [9.17, 15) is 4.79 Å². The molecule has 144 valence electrons. The second-order valence-electron chi connectivity index (χ2n) is 7.81. The predicted molar refractivity (Wildman–Crippen MR) is 106 cm³/mol. The fourth-order valence-corrected chi connectivity index (χ4v) is 4.21. The molecular weight excluding hydrogens is 324 g/mol. The Kier molecular flexibility index (Phi) is 7.06. The standard InChI is InChI=1S/C21H34N4O/c1-2-24-10-12-25(13-11-24)16-19-7-4-3-6-18(19)15-23-21(26)14-17-8-5-9-20(17)22/h3-4,6-7,17,20H,2,5,8-16,22H2,1H3,(H,23,26)/t17-,20+/m0/s1. The first-order valence-corrected chi connectivity index (χ1v) is 10.2. The number of carbonyl (C=O) groups is 1. The SMILES string of the molecule is CCN1CCN(Cc2ccccc2CNC(=O)C[C@@H]2CCC[C@H]2N)CC1. The zero-order chi connectivity index (χ0) is 18.4. The van der Waals surface area contributed by atoms with Gasteiger partial charge in [-0.05, 0) is 36.4 Å². The highest BCUT2D eigenvalue weighted by Gasteiger charge is 2.26. The molecule has 26 heavy (non-hydrogen) atoms. The minimum absolute atomic E-state index is 0.138. The van der Waals surface area contributed by atoms with Crippen molar-refractivity contribution < 1.29 is 4.79 Å². The van der Waals surface area contributed by atoms with E-state index in [1.165, 1.54) is 11.1 Å². The molecule has 3 rings (SSSR count). The smallest absolute Gasteiger partial charge is 0.220 e. The maximum Gasteiger partial charge on any atom is 0.220 e. The van der Waals surface area contributed by atoms with Crippen molar-refractivity contribution in [2.45, 2.75) is 51.7 Å². The second kappa shape index (κ2) is 9.49. The second-order valence-corrected chi connectivity index (χ2v) is 7.81. The molecule has 1 heterocycles. The van der Waals surface area contributed by atoms with Gasteiger partial charge >= 0.3 is 0 Å². The van der Waals surface area contributed by atoms with Gasteiger partial charge in [-0.1, -0.05) is 37.6 Å². The van der Waals surface area contributed by atoms with Crippen LogP contribution in [0.1, 0.15) is 43.7 Å². The predicted octanol–water partition coefficient (Wildman–Crippen LogP) is 1.96. The van der Waals surface area contributed by atoms with Gasteiger partial charge in [-0.25, -0.2) is 0 Å². The molecule has 0 spiro atoms. The minimum Gasteiger partial charge on any atom is -0.352 e. The molecule has 3 N–H and O–H groups in total. The normalized spacial score (nSPS) is 24.7. The van der Waals surface area contributed by atoms with E-state index in [2.05, 4.69) is 46.3 Å². The first-order chi connectivity index (χ1) is 12.7. The minimum atomic E-state index is 0.138. The van der Waals surface area contributed by atoms with Crippen molar-refractivity contribution in [3.8, 4) is 0 Å². The molecule has 1 amide bonds. The monoisotopic (exact) mass is 358 g/mol. The first kappa shape index (κ1) is 19.3. The molecule has 2 atom stereocenters. The van der Waals surface area contributed by atoms with Gasteiger partial charge in [-0.2, -0.15) is 0 Å². The number of carbonyl (C=O) groups excluding carboxylic acids is 1. The Morgan fingerprint density at radius 3 is 2.46 bits per heavy atom. The van der Waals surface area contributed by atoms with Gasteiger partial charge in [-0.3, -0.25) is 9.69 Å². The van der Waals surface area contributed by atoms with Crippen molar-refractivity contribution in [1.29, 1.82) is 0 Å². The van der Waals surface area contributed by atoms with E-state index in [1.807, 2.05) is 0 Å². The van der Waals surface area contributed by atoms with Crippen LogP contribution < -0.4 is 11.1 Å². The highest BCUT2D eigenvalue weighted by Crippen LogP contribution is 2.26. The summed E-state index contributed by atoms with van der Waals surface area (Å²) < 4.78 is 0. The van der Waals surface area contributed by atoms with Gasteiger partial charge in [-0.15, -0.1) is 0 Å². The lowest BCUT2D eigenvalue weighted by Crippen LogP contribution is -2.45.